The molecular weight excluding hydrogens is 216 g/mol. The van der Waals surface area contributed by atoms with Crippen LogP contribution in [0.5, 0.6) is 0 Å². The van der Waals surface area contributed by atoms with Crippen LogP contribution in [0.25, 0.3) is 0 Å². The summed E-state index contributed by atoms with van der Waals surface area (Å²) in [5.41, 5.74) is 2.66. The number of nitrogens with zero attached hydrogens (tertiary/aromatic N) is 3. The smallest absolute Gasteiger partial charge is 0.213 e. The molecule has 0 fully saturated rings. The lowest BCUT2D eigenvalue weighted by atomic mass is 10.1. The summed E-state index contributed by atoms with van der Waals surface area (Å²) in [6.07, 6.45) is 2.02. The van der Waals surface area contributed by atoms with Crippen molar-refractivity contribution in [3.05, 3.63) is 41.5 Å². The minimum atomic E-state index is 0.683. The topological polar surface area (TPSA) is 74.7 Å². The maximum Gasteiger partial charge on any atom is 0.213 e. The van der Waals surface area contributed by atoms with Crippen molar-refractivity contribution >= 4 is 5.69 Å². The molecule has 2 rings (SSSR count). The van der Waals surface area contributed by atoms with E-state index in [1.54, 1.807) is 0 Å². The van der Waals surface area contributed by atoms with E-state index in [-0.39, 0.29) is 0 Å². The molecule has 0 saturated carbocycles. The van der Waals surface area contributed by atoms with Crippen LogP contribution in [0.3, 0.4) is 0 Å². The number of nitriles is 1. The molecule has 0 spiro atoms. The third-order valence-corrected chi connectivity index (χ3v) is 2.43. The molecule has 86 valence electrons. The van der Waals surface area contributed by atoms with Crippen molar-refractivity contribution < 1.29 is 4.52 Å². The molecule has 0 aliphatic rings. The van der Waals surface area contributed by atoms with Gasteiger partial charge in [-0.3, -0.25) is 0 Å². The Morgan fingerprint density at radius 1 is 1.47 bits per heavy atom. The highest BCUT2D eigenvalue weighted by atomic mass is 16.5. The summed E-state index contributed by atoms with van der Waals surface area (Å²) in [6.45, 7) is 2.65. The van der Waals surface area contributed by atoms with Crippen molar-refractivity contribution in [2.75, 3.05) is 11.9 Å². The molecule has 0 atom stereocenters. The Morgan fingerprint density at radius 2 is 2.35 bits per heavy atom. The van der Waals surface area contributed by atoms with E-state index < -0.39 is 0 Å². The van der Waals surface area contributed by atoms with E-state index in [9.17, 15) is 0 Å². The highest BCUT2D eigenvalue weighted by Crippen LogP contribution is 2.14. The van der Waals surface area contributed by atoms with Gasteiger partial charge in [0.1, 0.15) is 0 Å². The highest BCUT2D eigenvalue weighted by molar-refractivity contribution is 5.51. The zero-order chi connectivity index (χ0) is 12.1. The van der Waals surface area contributed by atoms with Gasteiger partial charge in [-0.25, -0.2) is 0 Å². The Bertz CT molecular complexity index is 528. The summed E-state index contributed by atoms with van der Waals surface area (Å²) >= 11 is 0. The molecule has 5 heteroatoms. The van der Waals surface area contributed by atoms with Gasteiger partial charge in [0.25, 0.3) is 0 Å². The van der Waals surface area contributed by atoms with E-state index in [0.717, 1.165) is 17.8 Å². The molecule has 0 unspecified atom stereocenters. The molecule has 1 aromatic heterocycles. The first-order chi connectivity index (χ1) is 8.29. The zero-order valence-corrected chi connectivity index (χ0v) is 9.47. The predicted molar refractivity (Wildman–Crippen MR) is 62.4 cm³/mol. The number of hydrogen-bond acceptors (Lipinski definition) is 5. The van der Waals surface area contributed by atoms with Crippen LogP contribution in [0.15, 0.2) is 29.1 Å². The second-order valence-electron chi connectivity index (χ2n) is 3.67. The van der Waals surface area contributed by atoms with Gasteiger partial charge in [-0.2, -0.15) is 10.2 Å². The summed E-state index contributed by atoms with van der Waals surface area (Å²) in [6, 6.07) is 7.80. The molecule has 0 aliphatic carbocycles. The van der Waals surface area contributed by atoms with Crippen LogP contribution >= 0.6 is 0 Å². The average Bonchev–Trinajstić information content (AvgIpc) is 2.82. The number of aryl methyl sites for hydroxylation is 1. The van der Waals surface area contributed by atoms with Crippen molar-refractivity contribution in [3.8, 4) is 6.07 Å². The Kier molecular flexibility index (Phi) is 3.36. The number of anilines is 1. The third-order valence-electron chi connectivity index (χ3n) is 2.43. The molecule has 0 radical (unpaired) electrons. The van der Waals surface area contributed by atoms with Crippen LogP contribution in [0.2, 0.25) is 0 Å². The summed E-state index contributed by atoms with van der Waals surface area (Å²) < 4.78 is 4.64. The van der Waals surface area contributed by atoms with Gasteiger partial charge in [-0.1, -0.05) is 5.16 Å². The van der Waals surface area contributed by atoms with E-state index in [1.165, 1.54) is 6.39 Å². The fourth-order valence-electron chi connectivity index (χ4n) is 1.52. The summed E-state index contributed by atoms with van der Waals surface area (Å²) in [5, 5.41) is 15.8. The fraction of sp³-hybridized carbons (Fsp3) is 0.250. The summed E-state index contributed by atoms with van der Waals surface area (Å²) in [4.78, 5) is 3.93. The Hall–Kier alpha value is -2.35. The van der Waals surface area contributed by atoms with Crippen LogP contribution in [-0.4, -0.2) is 16.7 Å². The number of rotatable bonds is 4. The Balaban J connectivity index is 1.91. The van der Waals surface area contributed by atoms with Crippen molar-refractivity contribution in [2.24, 2.45) is 0 Å². The van der Waals surface area contributed by atoms with Gasteiger partial charge in [-0.15, -0.1) is 0 Å². The molecule has 1 aromatic carbocycles. The SMILES string of the molecule is Cc1cc(NCCc2ncon2)ccc1C#N. The predicted octanol–water partition coefficient (Wildman–Crippen LogP) is 1.90. The fourth-order valence-corrected chi connectivity index (χ4v) is 1.52. The Morgan fingerprint density at radius 3 is 3.00 bits per heavy atom. The molecule has 1 N–H and O–H groups in total. The average molecular weight is 228 g/mol. The maximum atomic E-state index is 8.81. The van der Waals surface area contributed by atoms with Gasteiger partial charge in [0.05, 0.1) is 11.6 Å². The first kappa shape index (κ1) is 11.1. The number of nitrogens with one attached hydrogen (secondary N) is 1. The minimum Gasteiger partial charge on any atom is -0.385 e. The normalized spacial score (nSPS) is 9.88. The number of aromatic nitrogens is 2. The van der Waals surface area contributed by atoms with Crippen LogP contribution in [-0.2, 0) is 6.42 Å². The second-order valence-corrected chi connectivity index (χ2v) is 3.67. The number of hydrogen-bond donors (Lipinski definition) is 1. The van der Waals surface area contributed by atoms with Gasteiger partial charge in [0.2, 0.25) is 6.39 Å². The minimum absolute atomic E-state index is 0.683. The van der Waals surface area contributed by atoms with Crippen molar-refractivity contribution in [1.82, 2.24) is 10.1 Å². The first-order valence-corrected chi connectivity index (χ1v) is 5.29. The Labute approximate surface area is 99.1 Å². The van der Waals surface area contributed by atoms with Gasteiger partial charge in [0, 0.05) is 18.7 Å². The van der Waals surface area contributed by atoms with E-state index in [2.05, 4.69) is 26.0 Å². The molecule has 0 amide bonds. The van der Waals surface area contributed by atoms with Gasteiger partial charge in [-0.05, 0) is 30.7 Å². The standard InChI is InChI=1S/C12H12N4O/c1-9-6-11(3-2-10(9)7-13)14-5-4-12-15-8-17-16-12/h2-3,6,8,14H,4-5H2,1H3. The van der Waals surface area contributed by atoms with Gasteiger partial charge < -0.3 is 9.84 Å². The lowest BCUT2D eigenvalue weighted by molar-refractivity contribution is 0.410. The van der Waals surface area contributed by atoms with E-state index in [1.807, 2.05) is 25.1 Å². The molecule has 0 bridgehead atoms. The van der Waals surface area contributed by atoms with Gasteiger partial charge >= 0.3 is 0 Å². The summed E-state index contributed by atoms with van der Waals surface area (Å²) in [5.74, 6) is 0.683. The molecular formula is C12H12N4O. The lowest BCUT2D eigenvalue weighted by Crippen LogP contribution is -2.06. The molecule has 2 aromatic rings. The summed E-state index contributed by atoms with van der Waals surface area (Å²) in [7, 11) is 0. The highest BCUT2D eigenvalue weighted by Gasteiger charge is 2.00. The van der Waals surface area contributed by atoms with Crippen molar-refractivity contribution in [1.29, 1.82) is 5.26 Å². The number of benzene rings is 1. The van der Waals surface area contributed by atoms with E-state index in [0.29, 0.717) is 17.8 Å². The lowest BCUT2D eigenvalue weighted by Gasteiger charge is -2.06. The quantitative estimate of drug-likeness (QED) is 0.865. The largest absolute Gasteiger partial charge is 0.385 e. The maximum absolute atomic E-state index is 8.81. The van der Waals surface area contributed by atoms with E-state index >= 15 is 0 Å². The van der Waals surface area contributed by atoms with Crippen molar-refractivity contribution in [2.45, 2.75) is 13.3 Å². The molecule has 1 heterocycles. The van der Waals surface area contributed by atoms with Crippen LogP contribution in [0.4, 0.5) is 5.69 Å². The molecule has 0 aliphatic heterocycles. The van der Waals surface area contributed by atoms with Crippen LogP contribution < -0.4 is 5.32 Å². The first-order valence-electron chi connectivity index (χ1n) is 5.29. The second kappa shape index (κ2) is 5.12. The van der Waals surface area contributed by atoms with Crippen LogP contribution in [0.1, 0.15) is 17.0 Å². The molecule has 0 saturated heterocycles. The van der Waals surface area contributed by atoms with E-state index in [4.69, 9.17) is 5.26 Å². The van der Waals surface area contributed by atoms with Crippen LogP contribution in [0, 0.1) is 18.3 Å². The zero-order valence-electron chi connectivity index (χ0n) is 9.47. The third kappa shape index (κ3) is 2.82. The molecule has 5 nitrogen and oxygen atoms in total. The van der Waals surface area contributed by atoms with Gasteiger partial charge in [0.15, 0.2) is 5.82 Å². The van der Waals surface area contributed by atoms with Crippen molar-refractivity contribution in [3.63, 3.8) is 0 Å². The monoisotopic (exact) mass is 228 g/mol. The molecule has 17 heavy (non-hydrogen) atoms.